The van der Waals surface area contributed by atoms with E-state index in [0.717, 1.165) is 6.54 Å². The van der Waals surface area contributed by atoms with Crippen molar-refractivity contribution in [2.45, 2.75) is 46.1 Å². The smallest absolute Gasteiger partial charge is 0.160 e. The maximum absolute atomic E-state index is 9.70. The van der Waals surface area contributed by atoms with Crippen LogP contribution in [-0.4, -0.2) is 30.2 Å². The molecule has 3 nitrogen and oxygen atoms in total. The van der Waals surface area contributed by atoms with Crippen LogP contribution in [0.4, 0.5) is 0 Å². The fraction of sp³-hybridized carbons (Fsp3) is 0.647. The molecule has 0 aromatic heterocycles. The third-order valence-electron chi connectivity index (χ3n) is 5.20. The molecule has 1 atom stereocenters. The highest BCUT2D eigenvalue weighted by atomic mass is 16.5. The minimum Gasteiger partial charge on any atom is -0.504 e. The van der Waals surface area contributed by atoms with Crippen LogP contribution < -0.4 is 4.74 Å². The third kappa shape index (κ3) is 2.78. The molecule has 1 aromatic carbocycles. The monoisotopic (exact) mass is 277 g/mol. The molecule has 1 N–H and O–H groups in total. The number of methoxy groups -OCH3 is 1. The van der Waals surface area contributed by atoms with Crippen molar-refractivity contribution in [2.75, 3.05) is 20.2 Å². The average Bonchev–Trinajstić information content (AvgIpc) is 2.92. The lowest BCUT2D eigenvalue weighted by Crippen LogP contribution is -2.28. The molecule has 1 saturated heterocycles. The quantitative estimate of drug-likeness (QED) is 0.884. The van der Waals surface area contributed by atoms with E-state index in [-0.39, 0.29) is 5.75 Å². The van der Waals surface area contributed by atoms with Crippen LogP contribution in [0.15, 0.2) is 18.2 Å². The molecule has 0 aliphatic carbocycles. The number of nitrogens with zero attached hydrogens (tertiary/aromatic N) is 1. The van der Waals surface area contributed by atoms with Gasteiger partial charge >= 0.3 is 0 Å². The van der Waals surface area contributed by atoms with E-state index in [0.29, 0.717) is 17.2 Å². The molecule has 20 heavy (non-hydrogen) atoms. The molecule has 2 rings (SSSR count). The molecule has 112 valence electrons. The summed E-state index contributed by atoms with van der Waals surface area (Å²) in [6.45, 7) is 9.19. The van der Waals surface area contributed by atoms with E-state index in [2.05, 4.69) is 25.7 Å². The van der Waals surface area contributed by atoms with Gasteiger partial charge in [0.15, 0.2) is 11.5 Å². The zero-order valence-electron chi connectivity index (χ0n) is 13.1. The van der Waals surface area contributed by atoms with E-state index in [1.165, 1.54) is 31.4 Å². The summed E-state index contributed by atoms with van der Waals surface area (Å²) >= 11 is 0. The van der Waals surface area contributed by atoms with Gasteiger partial charge in [-0.1, -0.05) is 19.9 Å². The van der Waals surface area contributed by atoms with Crippen molar-refractivity contribution in [1.29, 1.82) is 0 Å². The first kappa shape index (κ1) is 15.2. The number of ether oxygens (including phenoxy) is 1. The Labute approximate surface area is 122 Å². The largest absolute Gasteiger partial charge is 0.504 e. The summed E-state index contributed by atoms with van der Waals surface area (Å²) in [5, 5.41) is 9.70. The van der Waals surface area contributed by atoms with Gasteiger partial charge < -0.3 is 9.84 Å². The van der Waals surface area contributed by atoms with Gasteiger partial charge in [-0.05, 0) is 55.8 Å². The molecule has 1 aliphatic heterocycles. The molecule has 0 bridgehead atoms. The van der Waals surface area contributed by atoms with Crippen molar-refractivity contribution in [3.05, 3.63) is 23.8 Å². The first-order valence-corrected chi connectivity index (χ1v) is 7.66. The van der Waals surface area contributed by atoms with Crippen molar-refractivity contribution in [3.63, 3.8) is 0 Å². The van der Waals surface area contributed by atoms with Crippen molar-refractivity contribution >= 4 is 0 Å². The van der Waals surface area contributed by atoms with Crippen LogP contribution in [0.1, 0.15) is 51.6 Å². The van der Waals surface area contributed by atoms with Crippen molar-refractivity contribution < 1.29 is 9.84 Å². The third-order valence-corrected chi connectivity index (χ3v) is 5.20. The Morgan fingerprint density at radius 1 is 1.35 bits per heavy atom. The predicted molar refractivity (Wildman–Crippen MR) is 82.3 cm³/mol. The van der Waals surface area contributed by atoms with E-state index in [9.17, 15) is 5.11 Å². The molecule has 0 amide bonds. The van der Waals surface area contributed by atoms with E-state index in [4.69, 9.17) is 4.74 Å². The van der Waals surface area contributed by atoms with Crippen molar-refractivity contribution in [3.8, 4) is 11.5 Å². The van der Waals surface area contributed by atoms with Gasteiger partial charge in [0.25, 0.3) is 0 Å². The lowest BCUT2D eigenvalue weighted by atomic mass is 9.82. The minimum absolute atomic E-state index is 0.210. The molecule has 1 aliphatic rings. The van der Waals surface area contributed by atoms with Crippen LogP contribution >= 0.6 is 0 Å². The number of hydrogen-bond acceptors (Lipinski definition) is 3. The Morgan fingerprint density at radius 2 is 2.05 bits per heavy atom. The first-order valence-electron chi connectivity index (χ1n) is 7.66. The zero-order valence-corrected chi connectivity index (χ0v) is 13.1. The zero-order chi connectivity index (χ0) is 14.8. The summed E-state index contributed by atoms with van der Waals surface area (Å²) < 4.78 is 5.21. The Balaban J connectivity index is 2.14. The highest BCUT2D eigenvalue weighted by Crippen LogP contribution is 2.41. The Morgan fingerprint density at radius 3 is 2.60 bits per heavy atom. The second-order valence-electron chi connectivity index (χ2n) is 6.03. The second-order valence-corrected chi connectivity index (χ2v) is 6.03. The van der Waals surface area contributed by atoms with Gasteiger partial charge in [0.1, 0.15) is 0 Å². The number of phenols is 1. The van der Waals surface area contributed by atoms with Gasteiger partial charge in [0.2, 0.25) is 0 Å². The summed E-state index contributed by atoms with van der Waals surface area (Å²) in [7, 11) is 1.60. The fourth-order valence-corrected chi connectivity index (χ4v) is 3.29. The number of benzene rings is 1. The van der Waals surface area contributed by atoms with Gasteiger partial charge in [-0.15, -0.1) is 0 Å². The van der Waals surface area contributed by atoms with E-state index in [1.807, 2.05) is 12.1 Å². The summed E-state index contributed by atoms with van der Waals surface area (Å²) in [5.74, 6) is 0.770. The van der Waals surface area contributed by atoms with Crippen LogP contribution in [0, 0.1) is 5.41 Å². The topological polar surface area (TPSA) is 32.7 Å². The number of aromatic hydroxyl groups is 1. The van der Waals surface area contributed by atoms with Crippen LogP contribution in [0.5, 0.6) is 11.5 Å². The molecule has 3 heteroatoms. The number of phenolic OH excluding ortho intramolecular Hbond substituents is 1. The Kier molecular flexibility index (Phi) is 4.59. The Hall–Kier alpha value is -1.22. The number of rotatable bonds is 5. The first-order chi connectivity index (χ1) is 9.55. The summed E-state index contributed by atoms with van der Waals surface area (Å²) in [4.78, 5) is 2.55. The van der Waals surface area contributed by atoms with Gasteiger partial charge in [0.05, 0.1) is 7.11 Å². The number of hydrogen-bond donors (Lipinski definition) is 1. The van der Waals surface area contributed by atoms with Crippen LogP contribution in [0.3, 0.4) is 0 Å². The molecule has 0 spiro atoms. The molecule has 1 unspecified atom stereocenters. The molecule has 0 radical (unpaired) electrons. The maximum atomic E-state index is 9.70. The molecule has 1 fully saturated rings. The van der Waals surface area contributed by atoms with Crippen LogP contribution in [-0.2, 0) is 0 Å². The molecule has 1 heterocycles. The summed E-state index contributed by atoms with van der Waals surface area (Å²) in [6, 6.07) is 6.05. The molecule has 1 aromatic rings. The van der Waals surface area contributed by atoms with Gasteiger partial charge in [-0.3, -0.25) is 4.90 Å². The molecular formula is C17H27NO2. The fourth-order valence-electron chi connectivity index (χ4n) is 3.29. The van der Waals surface area contributed by atoms with Gasteiger partial charge in [0, 0.05) is 12.6 Å². The van der Waals surface area contributed by atoms with Crippen molar-refractivity contribution in [2.24, 2.45) is 5.41 Å². The van der Waals surface area contributed by atoms with Gasteiger partial charge in [-0.25, -0.2) is 0 Å². The van der Waals surface area contributed by atoms with E-state index in [1.54, 1.807) is 13.2 Å². The van der Waals surface area contributed by atoms with Crippen molar-refractivity contribution in [1.82, 2.24) is 4.90 Å². The van der Waals surface area contributed by atoms with Crippen LogP contribution in [0.2, 0.25) is 0 Å². The van der Waals surface area contributed by atoms with Gasteiger partial charge in [-0.2, -0.15) is 0 Å². The highest BCUT2D eigenvalue weighted by molar-refractivity contribution is 5.42. The minimum atomic E-state index is 0.210. The predicted octanol–water partition coefficient (Wildman–Crippen LogP) is 3.97. The lowest BCUT2D eigenvalue weighted by Gasteiger charge is -2.30. The summed E-state index contributed by atoms with van der Waals surface area (Å²) in [6.07, 6.45) is 3.80. The highest BCUT2D eigenvalue weighted by Gasteiger charge is 2.36. The second kappa shape index (κ2) is 6.04. The maximum Gasteiger partial charge on any atom is 0.160 e. The van der Waals surface area contributed by atoms with E-state index < -0.39 is 0 Å². The SMILES string of the molecule is CCC1(CC)CCN(C(C)c2ccc(O)c(OC)c2)C1. The molecule has 0 saturated carbocycles. The lowest BCUT2D eigenvalue weighted by molar-refractivity contribution is 0.204. The average molecular weight is 277 g/mol. The number of likely N-dealkylation sites (tertiary alicyclic amines) is 1. The van der Waals surface area contributed by atoms with E-state index >= 15 is 0 Å². The van der Waals surface area contributed by atoms with Crippen LogP contribution in [0.25, 0.3) is 0 Å². The standard InChI is InChI=1S/C17H27NO2/c1-5-17(6-2)9-10-18(12-17)13(3)14-7-8-15(19)16(11-14)20-4/h7-8,11,13,19H,5-6,9-10,12H2,1-4H3. The molecular weight excluding hydrogens is 250 g/mol. The summed E-state index contributed by atoms with van der Waals surface area (Å²) in [5.41, 5.74) is 1.71. The Bertz CT molecular complexity index is 454. The normalized spacial score (nSPS) is 20.0.